The van der Waals surface area contributed by atoms with Gasteiger partial charge in [0, 0.05) is 25.8 Å². The molecule has 1 fully saturated rings. The number of hydrogen-bond donors (Lipinski definition) is 1. The second-order valence-electron chi connectivity index (χ2n) is 6.11. The van der Waals surface area contributed by atoms with Crippen LogP contribution in [-0.4, -0.2) is 25.8 Å². The van der Waals surface area contributed by atoms with Crippen LogP contribution >= 0.6 is 0 Å². The highest BCUT2D eigenvalue weighted by Crippen LogP contribution is 2.29. The van der Waals surface area contributed by atoms with E-state index in [1.54, 1.807) is 6.07 Å². The van der Waals surface area contributed by atoms with E-state index in [9.17, 15) is 4.39 Å². The summed E-state index contributed by atoms with van der Waals surface area (Å²) in [5.41, 5.74) is 1.12. The third kappa shape index (κ3) is 4.88. The Morgan fingerprint density at radius 2 is 2.05 bits per heavy atom. The normalized spacial score (nSPS) is 18.4. The molecule has 1 heterocycles. The first-order chi connectivity index (χ1) is 9.65. The minimum Gasteiger partial charge on any atom is -0.381 e. The first-order valence-corrected chi connectivity index (χ1v) is 7.71. The van der Waals surface area contributed by atoms with E-state index in [-0.39, 0.29) is 5.82 Å². The van der Waals surface area contributed by atoms with Gasteiger partial charge in [0.2, 0.25) is 0 Å². The first-order valence-electron chi connectivity index (χ1n) is 7.71. The lowest BCUT2D eigenvalue weighted by Crippen LogP contribution is -2.30. The van der Waals surface area contributed by atoms with E-state index in [1.165, 1.54) is 6.07 Å². The highest BCUT2D eigenvalue weighted by Gasteiger charge is 2.21. The van der Waals surface area contributed by atoms with Gasteiger partial charge in [0.05, 0.1) is 0 Å². The third-order valence-corrected chi connectivity index (χ3v) is 4.05. The highest BCUT2D eigenvalue weighted by molar-refractivity contribution is 5.21. The Hall–Kier alpha value is -0.930. The molecule has 0 amide bonds. The topological polar surface area (TPSA) is 21.3 Å². The van der Waals surface area contributed by atoms with Crippen molar-refractivity contribution in [3.8, 4) is 0 Å². The molecule has 0 radical (unpaired) electrons. The van der Waals surface area contributed by atoms with Crippen LogP contribution in [0.15, 0.2) is 24.3 Å². The fourth-order valence-electron chi connectivity index (χ4n) is 2.86. The largest absolute Gasteiger partial charge is 0.381 e. The first kappa shape index (κ1) is 15.5. The van der Waals surface area contributed by atoms with Crippen molar-refractivity contribution in [1.29, 1.82) is 0 Å². The second-order valence-corrected chi connectivity index (χ2v) is 6.11. The number of ether oxygens (including phenoxy) is 1. The van der Waals surface area contributed by atoms with Crippen LogP contribution in [0, 0.1) is 11.7 Å². The Balaban J connectivity index is 2.02. The van der Waals surface area contributed by atoms with Gasteiger partial charge in [-0.05, 0) is 48.8 Å². The Labute approximate surface area is 121 Å². The summed E-state index contributed by atoms with van der Waals surface area (Å²) in [6, 6.07) is 7.53. The Kier molecular flexibility index (Phi) is 5.99. The van der Waals surface area contributed by atoms with Crippen molar-refractivity contribution in [3.63, 3.8) is 0 Å². The SMILES string of the molecule is CC(C)NCC(CC1CCOCC1)c1cccc(F)c1. The van der Waals surface area contributed by atoms with E-state index in [4.69, 9.17) is 4.74 Å². The minimum absolute atomic E-state index is 0.135. The number of nitrogens with one attached hydrogen (secondary N) is 1. The van der Waals surface area contributed by atoms with Gasteiger partial charge in [-0.3, -0.25) is 0 Å². The fourth-order valence-corrected chi connectivity index (χ4v) is 2.86. The van der Waals surface area contributed by atoms with E-state index < -0.39 is 0 Å². The highest BCUT2D eigenvalue weighted by atomic mass is 19.1. The second kappa shape index (κ2) is 7.75. The fraction of sp³-hybridized carbons (Fsp3) is 0.647. The van der Waals surface area contributed by atoms with Crippen molar-refractivity contribution in [1.82, 2.24) is 5.32 Å². The predicted octanol–water partition coefficient (Wildman–Crippen LogP) is 3.72. The van der Waals surface area contributed by atoms with E-state index in [0.717, 1.165) is 44.6 Å². The monoisotopic (exact) mass is 279 g/mol. The van der Waals surface area contributed by atoms with Gasteiger partial charge in [-0.15, -0.1) is 0 Å². The predicted molar refractivity (Wildman–Crippen MR) is 80.4 cm³/mol. The number of hydrogen-bond acceptors (Lipinski definition) is 2. The molecular formula is C17H26FNO. The Morgan fingerprint density at radius 3 is 2.70 bits per heavy atom. The van der Waals surface area contributed by atoms with Crippen LogP contribution in [0.25, 0.3) is 0 Å². The molecule has 1 aliphatic rings. The number of rotatable bonds is 6. The summed E-state index contributed by atoms with van der Waals surface area (Å²) in [5, 5.41) is 3.50. The van der Waals surface area contributed by atoms with Gasteiger partial charge in [0.1, 0.15) is 5.82 Å². The maximum Gasteiger partial charge on any atom is 0.123 e. The van der Waals surface area contributed by atoms with Gasteiger partial charge in [-0.25, -0.2) is 4.39 Å². The third-order valence-electron chi connectivity index (χ3n) is 4.05. The van der Waals surface area contributed by atoms with Gasteiger partial charge in [0.25, 0.3) is 0 Å². The van der Waals surface area contributed by atoms with Gasteiger partial charge in [0.15, 0.2) is 0 Å². The smallest absolute Gasteiger partial charge is 0.123 e. The molecule has 1 N–H and O–H groups in total. The van der Waals surface area contributed by atoms with Crippen molar-refractivity contribution in [2.75, 3.05) is 19.8 Å². The molecule has 0 aliphatic carbocycles. The molecule has 2 rings (SSSR count). The van der Waals surface area contributed by atoms with E-state index in [2.05, 4.69) is 25.2 Å². The van der Waals surface area contributed by atoms with Crippen LogP contribution in [0.2, 0.25) is 0 Å². The molecule has 2 nitrogen and oxygen atoms in total. The molecule has 1 aliphatic heterocycles. The van der Waals surface area contributed by atoms with Crippen molar-refractivity contribution in [2.45, 2.75) is 45.1 Å². The van der Waals surface area contributed by atoms with Crippen LogP contribution in [0.3, 0.4) is 0 Å². The van der Waals surface area contributed by atoms with E-state index >= 15 is 0 Å². The van der Waals surface area contributed by atoms with Crippen molar-refractivity contribution < 1.29 is 9.13 Å². The van der Waals surface area contributed by atoms with Gasteiger partial charge in [-0.2, -0.15) is 0 Å². The Morgan fingerprint density at radius 1 is 1.30 bits per heavy atom. The summed E-state index contributed by atoms with van der Waals surface area (Å²) >= 11 is 0. The summed E-state index contributed by atoms with van der Waals surface area (Å²) in [5.74, 6) is 0.950. The average molecular weight is 279 g/mol. The summed E-state index contributed by atoms with van der Waals surface area (Å²) < 4.78 is 18.9. The molecule has 1 unspecified atom stereocenters. The molecule has 112 valence electrons. The average Bonchev–Trinajstić information content (AvgIpc) is 2.44. The summed E-state index contributed by atoms with van der Waals surface area (Å²) in [7, 11) is 0. The summed E-state index contributed by atoms with van der Waals surface area (Å²) in [6.07, 6.45) is 3.38. The van der Waals surface area contributed by atoms with Crippen LogP contribution in [0.4, 0.5) is 4.39 Å². The summed E-state index contributed by atoms with van der Waals surface area (Å²) in [4.78, 5) is 0. The van der Waals surface area contributed by atoms with Crippen molar-refractivity contribution in [3.05, 3.63) is 35.6 Å². The van der Waals surface area contributed by atoms with Crippen LogP contribution in [0.1, 0.15) is 44.6 Å². The van der Waals surface area contributed by atoms with Crippen molar-refractivity contribution >= 4 is 0 Å². The molecule has 0 aromatic heterocycles. The van der Waals surface area contributed by atoms with Gasteiger partial charge >= 0.3 is 0 Å². The minimum atomic E-state index is -0.135. The lowest BCUT2D eigenvalue weighted by atomic mass is 9.85. The lowest BCUT2D eigenvalue weighted by molar-refractivity contribution is 0.0615. The van der Waals surface area contributed by atoms with Crippen molar-refractivity contribution in [2.24, 2.45) is 5.92 Å². The molecule has 1 saturated heterocycles. The quantitative estimate of drug-likeness (QED) is 0.857. The molecule has 3 heteroatoms. The van der Waals surface area contributed by atoms with E-state index in [0.29, 0.717) is 17.9 Å². The van der Waals surface area contributed by atoms with Crippen LogP contribution in [-0.2, 0) is 4.74 Å². The zero-order valence-corrected chi connectivity index (χ0v) is 12.6. The van der Waals surface area contributed by atoms with E-state index in [1.807, 2.05) is 6.07 Å². The molecular weight excluding hydrogens is 253 g/mol. The molecule has 1 atom stereocenters. The molecule has 20 heavy (non-hydrogen) atoms. The standard InChI is InChI=1S/C17H26FNO/c1-13(2)19-12-16(10-14-6-8-20-9-7-14)15-4-3-5-17(18)11-15/h3-5,11,13-14,16,19H,6-10,12H2,1-2H3. The molecule has 0 saturated carbocycles. The molecule has 0 spiro atoms. The Bertz CT molecular complexity index is 402. The maximum atomic E-state index is 13.5. The molecule has 1 aromatic carbocycles. The zero-order valence-electron chi connectivity index (χ0n) is 12.6. The zero-order chi connectivity index (χ0) is 14.4. The van der Waals surface area contributed by atoms with Crippen LogP contribution < -0.4 is 5.32 Å². The summed E-state index contributed by atoms with van der Waals surface area (Å²) in [6.45, 7) is 6.96. The number of halogens is 1. The van der Waals surface area contributed by atoms with Gasteiger partial charge in [-0.1, -0.05) is 26.0 Å². The maximum absolute atomic E-state index is 13.5. The lowest BCUT2D eigenvalue weighted by Gasteiger charge is -2.28. The molecule has 1 aromatic rings. The number of benzene rings is 1. The molecule has 0 bridgehead atoms. The van der Waals surface area contributed by atoms with Gasteiger partial charge < -0.3 is 10.1 Å². The van der Waals surface area contributed by atoms with Crippen LogP contribution in [0.5, 0.6) is 0 Å².